The van der Waals surface area contributed by atoms with Gasteiger partial charge in [0.05, 0.1) is 6.54 Å². The molecule has 116 valence electrons. The van der Waals surface area contributed by atoms with E-state index >= 15 is 0 Å². The maximum absolute atomic E-state index is 12.8. The molecule has 1 amide bonds. The number of carbonyl (C=O) groups excluding carboxylic acids is 1. The first-order valence-electron chi connectivity index (χ1n) is 7.09. The van der Waals surface area contributed by atoms with Gasteiger partial charge in [-0.1, -0.05) is 30.3 Å². The summed E-state index contributed by atoms with van der Waals surface area (Å²) in [7, 11) is 0. The predicted octanol–water partition coefficient (Wildman–Crippen LogP) is 3.09. The lowest BCUT2D eigenvalue weighted by atomic mass is 10.2. The van der Waals surface area contributed by atoms with E-state index in [0.29, 0.717) is 13.1 Å². The van der Waals surface area contributed by atoms with E-state index in [1.54, 1.807) is 17.2 Å². The zero-order chi connectivity index (χ0) is 16.1. The van der Waals surface area contributed by atoms with Gasteiger partial charge in [0.2, 0.25) is 0 Å². The molecule has 2 heterocycles. The van der Waals surface area contributed by atoms with Crippen molar-refractivity contribution in [1.82, 2.24) is 14.9 Å². The van der Waals surface area contributed by atoms with Crippen LogP contribution in [0.25, 0.3) is 0 Å². The molecule has 0 unspecified atom stereocenters. The molecule has 1 N–H and O–H groups in total. The molecule has 0 fully saturated rings. The van der Waals surface area contributed by atoms with Gasteiger partial charge in [0.15, 0.2) is 5.69 Å². The fraction of sp³-hybridized carbons (Fsp3) is 0.118. The minimum Gasteiger partial charge on any atom is -0.505 e. The molecule has 5 nitrogen and oxygen atoms in total. The first kappa shape index (κ1) is 15.2. The van der Waals surface area contributed by atoms with Crippen LogP contribution in [0.5, 0.6) is 5.75 Å². The fourth-order valence-corrected chi connectivity index (χ4v) is 2.84. The summed E-state index contributed by atoms with van der Waals surface area (Å²) in [5.41, 5.74) is 1.06. The number of carbonyl (C=O) groups is 1. The number of benzene rings is 1. The van der Waals surface area contributed by atoms with Gasteiger partial charge in [-0.2, -0.15) is 0 Å². The van der Waals surface area contributed by atoms with E-state index in [1.165, 1.54) is 23.6 Å². The van der Waals surface area contributed by atoms with Crippen molar-refractivity contribution in [2.24, 2.45) is 0 Å². The van der Waals surface area contributed by atoms with Gasteiger partial charge in [-0.15, -0.1) is 11.3 Å². The molecule has 0 saturated heterocycles. The molecule has 0 radical (unpaired) electrons. The normalized spacial score (nSPS) is 10.4. The zero-order valence-corrected chi connectivity index (χ0v) is 13.1. The van der Waals surface area contributed by atoms with Crippen molar-refractivity contribution in [2.45, 2.75) is 13.1 Å². The van der Waals surface area contributed by atoms with Crippen molar-refractivity contribution in [1.29, 1.82) is 0 Å². The van der Waals surface area contributed by atoms with Gasteiger partial charge in [0, 0.05) is 24.3 Å². The van der Waals surface area contributed by atoms with Gasteiger partial charge in [-0.3, -0.25) is 4.79 Å². The first-order valence-corrected chi connectivity index (χ1v) is 7.97. The molecule has 6 heteroatoms. The van der Waals surface area contributed by atoms with Crippen molar-refractivity contribution < 1.29 is 9.90 Å². The summed E-state index contributed by atoms with van der Waals surface area (Å²) in [4.78, 5) is 22.7. The number of rotatable bonds is 5. The fourth-order valence-electron chi connectivity index (χ4n) is 2.21. The largest absolute Gasteiger partial charge is 0.505 e. The van der Waals surface area contributed by atoms with Crippen LogP contribution < -0.4 is 0 Å². The van der Waals surface area contributed by atoms with Gasteiger partial charge in [-0.05, 0) is 17.7 Å². The maximum Gasteiger partial charge on any atom is 0.276 e. The minimum atomic E-state index is -0.317. The van der Waals surface area contributed by atoms with E-state index in [4.69, 9.17) is 0 Å². The van der Waals surface area contributed by atoms with Crippen molar-refractivity contribution in [2.75, 3.05) is 0 Å². The highest BCUT2D eigenvalue weighted by molar-refractivity contribution is 7.09. The van der Waals surface area contributed by atoms with Gasteiger partial charge >= 0.3 is 0 Å². The van der Waals surface area contributed by atoms with Crippen LogP contribution in [0.15, 0.2) is 60.2 Å². The predicted molar refractivity (Wildman–Crippen MR) is 88.0 cm³/mol. The smallest absolute Gasteiger partial charge is 0.276 e. The van der Waals surface area contributed by atoms with E-state index in [-0.39, 0.29) is 17.4 Å². The van der Waals surface area contributed by atoms with Crippen molar-refractivity contribution in [3.8, 4) is 5.75 Å². The first-order chi connectivity index (χ1) is 11.2. The lowest BCUT2D eigenvalue weighted by Crippen LogP contribution is -2.30. The van der Waals surface area contributed by atoms with Crippen LogP contribution in [-0.2, 0) is 13.1 Å². The van der Waals surface area contributed by atoms with Crippen LogP contribution in [0.4, 0.5) is 0 Å². The Bertz CT molecular complexity index is 776. The Morgan fingerprint density at radius 3 is 2.57 bits per heavy atom. The molecule has 3 rings (SSSR count). The minimum absolute atomic E-state index is 0.0555. The molecule has 0 atom stereocenters. The number of hydrogen-bond donors (Lipinski definition) is 1. The molecule has 0 saturated carbocycles. The Kier molecular flexibility index (Phi) is 4.63. The van der Waals surface area contributed by atoms with Crippen LogP contribution in [0.3, 0.4) is 0 Å². The average Bonchev–Trinajstić information content (AvgIpc) is 3.08. The molecule has 1 aromatic carbocycles. The Morgan fingerprint density at radius 1 is 1.04 bits per heavy atom. The number of pyridine rings is 1. The van der Waals surface area contributed by atoms with Gasteiger partial charge < -0.3 is 10.0 Å². The van der Waals surface area contributed by atoms with Gasteiger partial charge in [0.25, 0.3) is 5.91 Å². The number of amides is 1. The number of thiazole rings is 1. The summed E-state index contributed by atoms with van der Waals surface area (Å²) in [5, 5.41) is 12.6. The third-order valence-corrected chi connectivity index (χ3v) is 4.07. The molecule has 0 spiro atoms. The Labute approximate surface area is 137 Å². The molecule has 0 aliphatic carbocycles. The number of nitrogens with zero attached hydrogens (tertiary/aromatic N) is 3. The Hall–Kier alpha value is -2.73. The second kappa shape index (κ2) is 7.02. The van der Waals surface area contributed by atoms with Crippen molar-refractivity contribution in [3.63, 3.8) is 0 Å². The lowest BCUT2D eigenvalue weighted by molar-refractivity contribution is 0.0720. The highest BCUT2D eigenvalue weighted by Crippen LogP contribution is 2.19. The van der Waals surface area contributed by atoms with Crippen LogP contribution in [-0.4, -0.2) is 25.9 Å². The summed E-state index contributed by atoms with van der Waals surface area (Å²) in [6.07, 6.45) is 3.21. The molecule has 3 aromatic rings. The summed E-state index contributed by atoms with van der Waals surface area (Å²) in [5.74, 6) is -0.433. The molecule has 0 bridgehead atoms. The quantitative estimate of drug-likeness (QED) is 0.783. The van der Waals surface area contributed by atoms with E-state index in [0.717, 1.165) is 10.6 Å². The van der Waals surface area contributed by atoms with Gasteiger partial charge in [0.1, 0.15) is 10.8 Å². The summed E-state index contributed by atoms with van der Waals surface area (Å²) >= 11 is 1.49. The molecule has 23 heavy (non-hydrogen) atoms. The Balaban J connectivity index is 1.88. The molecular formula is C17H15N3O2S. The molecular weight excluding hydrogens is 310 g/mol. The van der Waals surface area contributed by atoms with E-state index < -0.39 is 0 Å². The highest BCUT2D eigenvalue weighted by Gasteiger charge is 2.21. The Morgan fingerprint density at radius 2 is 1.87 bits per heavy atom. The standard InChI is InChI=1S/C17H15N3O2S/c21-14-7-4-8-19-16(14)17(22)20(12-15-18-9-10-23-15)11-13-5-2-1-3-6-13/h1-10,21H,11-12H2. The lowest BCUT2D eigenvalue weighted by Gasteiger charge is -2.21. The number of aromatic hydroxyl groups is 1. The van der Waals surface area contributed by atoms with Crippen LogP contribution in [0.2, 0.25) is 0 Å². The zero-order valence-electron chi connectivity index (χ0n) is 12.3. The van der Waals surface area contributed by atoms with E-state index in [1.807, 2.05) is 35.7 Å². The number of aromatic nitrogens is 2. The molecule has 2 aromatic heterocycles. The van der Waals surface area contributed by atoms with E-state index in [2.05, 4.69) is 9.97 Å². The monoisotopic (exact) mass is 325 g/mol. The third kappa shape index (κ3) is 3.73. The number of hydrogen-bond acceptors (Lipinski definition) is 5. The van der Waals surface area contributed by atoms with Crippen molar-refractivity contribution >= 4 is 17.2 Å². The van der Waals surface area contributed by atoms with Crippen molar-refractivity contribution in [3.05, 3.63) is 76.5 Å². The third-order valence-electron chi connectivity index (χ3n) is 3.30. The second-order valence-electron chi connectivity index (χ2n) is 4.94. The maximum atomic E-state index is 12.8. The van der Waals surface area contributed by atoms with Crippen LogP contribution in [0, 0.1) is 0 Å². The van der Waals surface area contributed by atoms with Gasteiger partial charge in [-0.25, -0.2) is 9.97 Å². The van der Waals surface area contributed by atoms with E-state index in [9.17, 15) is 9.90 Å². The summed E-state index contributed by atoms with van der Waals surface area (Å²) in [6, 6.07) is 12.8. The second-order valence-corrected chi connectivity index (χ2v) is 5.92. The van der Waals surface area contributed by atoms with Crippen LogP contribution >= 0.6 is 11.3 Å². The topological polar surface area (TPSA) is 66.3 Å². The van der Waals surface area contributed by atoms with Crippen LogP contribution in [0.1, 0.15) is 21.1 Å². The summed E-state index contributed by atoms with van der Waals surface area (Å²) < 4.78 is 0. The molecule has 0 aliphatic rings. The average molecular weight is 325 g/mol. The summed E-state index contributed by atoms with van der Waals surface area (Å²) in [6.45, 7) is 0.802. The highest BCUT2D eigenvalue weighted by atomic mass is 32.1. The molecule has 0 aliphatic heterocycles. The SMILES string of the molecule is O=C(c1ncccc1O)N(Cc1ccccc1)Cc1nccs1.